The molecule has 2 atom stereocenters. The molecule has 0 aliphatic carbocycles. The van der Waals surface area contributed by atoms with Crippen LogP contribution in [0.4, 0.5) is 11.4 Å². The highest BCUT2D eigenvalue weighted by Crippen LogP contribution is 2.28. The second-order valence-corrected chi connectivity index (χ2v) is 11.2. The lowest BCUT2D eigenvalue weighted by molar-refractivity contribution is -0.384. The van der Waals surface area contributed by atoms with Crippen molar-refractivity contribution in [3.63, 3.8) is 0 Å². The summed E-state index contributed by atoms with van der Waals surface area (Å²) in [5, 5.41) is 14.6. The Hall–Kier alpha value is -2.89. The van der Waals surface area contributed by atoms with Crippen molar-refractivity contribution in [3.05, 3.63) is 68.2 Å². The SMILES string of the molecule is CC[C@@H](C)NC(=O)[C@H](CC)N(Cc1c(Cl)cccc1Cl)C(=O)CN(c1cccc([N+](=O)[O-])c1)S(C)(=O)=O. The maximum absolute atomic E-state index is 13.7. The number of amides is 2. The Morgan fingerprint density at radius 1 is 1.08 bits per heavy atom. The number of nitrogens with one attached hydrogen (secondary N) is 1. The van der Waals surface area contributed by atoms with Crippen molar-refractivity contribution < 1.29 is 22.9 Å². The second-order valence-electron chi connectivity index (χ2n) is 8.51. The van der Waals surface area contributed by atoms with E-state index in [1.165, 1.54) is 23.1 Å². The van der Waals surface area contributed by atoms with Gasteiger partial charge in [0.1, 0.15) is 12.6 Å². The number of benzene rings is 2. The highest BCUT2D eigenvalue weighted by atomic mass is 35.5. The van der Waals surface area contributed by atoms with Gasteiger partial charge in [-0.05, 0) is 38.0 Å². The number of nitro benzene ring substituents is 1. The summed E-state index contributed by atoms with van der Waals surface area (Å²) in [5.74, 6) is -1.12. The van der Waals surface area contributed by atoms with E-state index in [1.807, 2.05) is 13.8 Å². The number of nitro groups is 1. The van der Waals surface area contributed by atoms with Crippen molar-refractivity contribution in [3.8, 4) is 0 Å². The molecule has 0 heterocycles. The monoisotopic (exact) mass is 572 g/mol. The minimum absolute atomic E-state index is 0.0575. The summed E-state index contributed by atoms with van der Waals surface area (Å²) in [5.41, 5.74) is 0.00535. The minimum Gasteiger partial charge on any atom is -0.352 e. The van der Waals surface area contributed by atoms with E-state index >= 15 is 0 Å². The average Bonchev–Trinajstić information content (AvgIpc) is 2.83. The molecule has 1 N–H and O–H groups in total. The van der Waals surface area contributed by atoms with Crippen LogP contribution in [0.1, 0.15) is 39.2 Å². The van der Waals surface area contributed by atoms with Crippen LogP contribution >= 0.6 is 23.2 Å². The summed E-state index contributed by atoms with van der Waals surface area (Å²) in [6, 6.07) is 8.67. The number of non-ortho nitro benzene ring substituents is 1. The molecule has 0 aliphatic heterocycles. The van der Waals surface area contributed by atoms with E-state index < -0.39 is 39.3 Å². The van der Waals surface area contributed by atoms with E-state index in [9.17, 15) is 28.1 Å². The van der Waals surface area contributed by atoms with Gasteiger partial charge < -0.3 is 10.2 Å². The number of hydrogen-bond acceptors (Lipinski definition) is 6. The van der Waals surface area contributed by atoms with Crippen molar-refractivity contribution in [1.82, 2.24) is 10.2 Å². The van der Waals surface area contributed by atoms with Gasteiger partial charge in [0.25, 0.3) is 5.69 Å². The standard InChI is InChI=1S/C24H30Cl2N4O6S/c1-5-16(3)27-24(32)22(6-2)28(14-19-20(25)11-8-12-21(19)26)23(31)15-29(37(4,35)36)17-9-7-10-18(13-17)30(33)34/h7-13,16,22H,5-6,14-15H2,1-4H3,(H,27,32)/t16-,22+/m1/s1. The molecular formula is C24H30Cl2N4O6S. The van der Waals surface area contributed by atoms with Gasteiger partial charge in [0, 0.05) is 40.3 Å². The highest BCUT2D eigenvalue weighted by molar-refractivity contribution is 7.92. The van der Waals surface area contributed by atoms with Crippen LogP contribution < -0.4 is 9.62 Å². The molecule has 0 fully saturated rings. The zero-order valence-electron chi connectivity index (χ0n) is 21.0. The molecule has 37 heavy (non-hydrogen) atoms. The summed E-state index contributed by atoms with van der Waals surface area (Å²) in [7, 11) is -4.04. The summed E-state index contributed by atoms with van der Waals surface area (Å²) in [6.07, 6.45) is 1.79. The lowest BCUT2D eigenvalue weighted by atomic mass is 10.1. The fourth-order valence-corrected chi connectivity index (χ4v) is 4.95. The first kappa shape index (κ1) is 30.3. The van der Waals surface area contributed by atoms with Gasteiger partial charge in [0.05, 0.1) is 16.9 Å². The average molecular weight is 573 g/mol. The molecule has 2 amide bonds. The molecule has 0 aliphatic rings. The third-order valence-electron chi connectivity index (χ3n) is 5.78. The van der Waals surface area contributed by atoms with E-state index in [2.05, 4.69) is 5.32 Å². The fraction of sp³-hybridized carbons (Fsp3) is 0.417. The fourth-order valence-electron chi connectivity index (χ4n) is 3.59. The Bertz CT molecular complexity index is 1240. The van der Waals surface area contributed by atoms with E-state index in [0.717, 1.165) is 16.6 Å². The molecule has 2 aromatic carbocycles. The maximum Gasteiger partial charge on any atom is 0.271 e. The van der Waals surface area contributed by atoms with Crippen LogP contribution in [0.5, 0.6) is 0 Å². The number of carbonyl (C=O) groups excluding carboxylic acids is 2. The molecule has 0 unspecified atom stereocenters. The van der Waals surface area contributed by atoms with Crippen molar-refractivity contribution in [2.45, 2.75) is 52.2 Å². The number of rotatable bonds is 12. The number of halogens is 2. The molecule has 10 nitrogen and oxygen atoms in total. The zero-order valence-corrected chi connectivity index (χ0v) is 23.3. The van der Waals surface area contributed by atoms with Crippen LogP contribution in [0.15, 0.2) is 42.5 Å². The Labute approximate surface area is 226 Å². The van der Waals surface area contributed by atoms with E-state index in [-0.39, 0.29) is 40.4 Å². The molecule has 0 radical (unpaired) electrons. The van der Waals surface area contributed by atoms with Gasteiger partial charge in [-0.2, -0.15) is 0 Å². The third-order valence-corrected chi connectivity index (χ3v) is 7.63. The van der Waals surface area contributed by atoms with Gasteiger partial charge in [-0.15, -0.1) is 0 Å². The molecular weight excluding hydrogens is 543 g/mol. The third kappa shape index (κ3) is 8.05. The predicted octanol–water partition coefficient (Wildman–Crippen LogP) is 4.39. The molecule has 0 saturated heterocycles. The Morgan fingerprint density at radius 3 is 2.19 bits per heavy atom. The smallest absolute Gasteiger partial charge is 0.271 e. The van der Waals surface area contributed by atoms with Gasteiger partial charge in [0.15, 0.2) is 0 Å². The normalized spacial score (nSPS) is 12.9. The van der Waals surface area contributed by atoms with Crippen LogP contribution in [0.3, 0.4) is 0 Å². The van der Waals surface area contributed by atoms with E-state index in [0.29, 0.717) is 12.0 Å². The topological polar surface area (TPSA) is 130 Å². The number of hydrogen-bond donors (Lipinski definition) is 1. The second kappa shape index (κ2) is 13.1. The molecule has 202 valence electrons. The predicted molar refractivity (Wildman–Crippen MR) is 144 cm³/mol. The van der Waals surface area contributed by atoms with Crippen molar-refractivity contribution in [2.75, 3.05) is 17.1 Å². The quantitative estimate of drug-likeness (QED) is 0.296. The van der Waals surface area contributed by atoms with E-state index in [4.69, 9.17) is 23.2 Å². The Balaban J connectivity index is 2.54. The van der Waals surface area contributed by atoms with Gasteiger partial charge in [-0.1, -0.05) is 49.2 Å². The van der Waals surface area contributed by atoms with Crippen LogP contribution in [0, 0.1) is 10.1 Å². The van der Waals surface area contributed by atoms with Crippen LogP contribution in [-0.4, -0.2) is 54.9 Å². The summed E-state index contributed by atoms with van der Waals surface area (Å²) < 4.78 is 26.1. The Kier molecular flexibility index (Phi) is 10.7. The summed E-state index contributed by atoms with van der Waals surface area (Å²) in [4.78, 5) is 38.6. The summed E-state index contributed by atoms with van der Waals surface area (Å²) in [6.45, 7) is 4.60. The zero-order chi connectivity index (χ0) is 27.9. The van der Waals surface area contributed by atoms with Crippen molar-refractivity contribution in [2.24, 2.45) is 0 Å². The number of nitrogens with zero attached hydrogens (tertiary/aromatic N) is 3. The van der Waals surface area contributed by atoms with Gasteiger partial charge in [0.2, 0.25) is 21.8 Å². The lowest BCUT2D eigenvalue weighted by Gasteiger charge is -2.33. The largest absolute Gasteiger partial charge is 0.352 e. The maximum atomic E-state index is 13.7. The van der Waals surface area contributed by atoms with Crippen LogP contribution in [0.2, 0.25) is 10.0 Å². The summed E-state index contributed by atoms with van der Waals surface area (Å²) >= 11 is 12.7. The molecule has 0 saturated carbocycles. The van der Waals surface area contributed by atoms with Crippen molar-refractivity contribution in [1.29, 1.82) is 0 Å². The molecule has 0 bridgehead atoms. The van der Waals surface area contributed by atoms with Crippen LogP contribution in [0.25, 0.3) is 0 Å². The highest BCUT2D eigenvalue weighted by Gasteiger charge is 2.33. The molecule has 2 rings (SSSR count). The molecule has 2 aromatic rings. The van der Waals surface area contributed by atoms with Gasteiger partial charge >= 0.3 is 0 Å². The van der Waals surface area contributed by atoms with Crippen molar-refractivity contribution >= 4 is 56.4 Å². The van der Waals surface area contributed by atoms with Crippen LogP contribution in [-0.2, 0) is 26.2 Å². The molecule has 0 spiro atoms. The lowest BCUT2D eigenvalue weighted by Crippen LogP contribution is -2.53. The first-order valence-corrected chi connectivity index (χ1v) is 14.1. The van der Waals surface area contributed by atoms with Gasteiger partial charge in [-0.25, -0.2) is 8.42 Å². The molecule has 0 aromatic heterocycles. The van der Waals surface area contributed by atoms with Gasteiger partial charge in [-0.3, -0.25) is 24.0 Å². The Morgan fingerprint density at radius 2 is 1.68 bits per heavy atom. The number of anilines is 1. The number of carbonyl (C=O) groups is 2. The van der Waals surface area contributed by atoms with E-state index in [1.54, 1.807) is 25.1 Å². The first-order chi connectivity index (χ1) is 17.3. The number of sulfonamides is 1. The minimum atomic E-state index is -4.04. The molecule has 13 heteroatoms. The first-order valence-electron chi connectivity index (χ1n) is 11.5.